The first-order valence-electron chi connectivity index (χ1n) is 6.05. The minimum absolute atomic E-state index is 0.0856. The number of aliphatic hydroxyl groups is 1. The normalized spacial score (nSPS) is 20.8. The third-order valence-electron chi connectivity index (χ3n) is 3.63. The van der Waals surface area contributed by atoms with Crippen LogP contribution in [0, 0.1) is 12.8 Å². The molecule has 0 aromatic carbocycles. The molecule has 0 saturated carbocycles. The molecule has 1 fully saturated rings. The lowest BCUT2D eigenvalue weighted by Crippen LogP contribution is -2.23. The van der Waals surface area contributed by atoms with Crippen LogP contribution in [0.4, 0.5) is 5.82 Å². The van der Waals surface area contributed by atoms with Crippen molar-refractivity contribution in [2.45, 2.75) is 33.3 Å². The lowest BCUT2D eigenvalue weighted by molar-refractivity contribution is 0.281. The van der Waals surface area contributed by atoms with E-state index in [0.29, 0.717) is 0 Å². The second kappa shape index (κ2) is 4.45. The summed E-state index contributed by atoms with van der Waals surface area (Å²) in [6.07, 6.45) is 2.49. The van der Waals surface area contributed by atoms with Crippen LogP contribution in [0.3, 0.4) is 0 Å². The Morgan fingerprint density at radius 3 is 2.81 bits per heavy atom. The van der Waals surface area contributed by atoms with E-state index in [2.05, 4.69) is 16.9 Å². The summed E-state index contributed by atoms with van der Waals surface area (Å²) < 4.78 is 1.90. The van der Waals surface area contributed by atoms with E-state index in [0.717, 1.165) is 36.1 Å². The van der Waals surface area contributed by atoms with Crippen LogP contribution in [0.5, 0.6) is 0 Å². The van der Waals surface area contributed by atoms with Gasteiger partial charge in [0.2, 0.25) is 0 Å². The molecule has 4 heteroatoms. The van der Waals surface area contributed by atoms with Gasteiger partial charge in [0, 0.05) is 25.7 Å². The Balaban J connectivity index is 2.27. The van der Waals surface area contributed by atoms with Gasteiger partial charge >= 0.3 is 0 Å². The molecular formula is C12H21N3O. The summed E-state index contributed by atoms with van der Waals surface area (Å²) in [5.41, 5.74) is 1.93. The van der Waals surface area contributed by atoms with E-state index >= 15 is 0 Å². The first-order valence-corrected chi connectivity index (χ1v) is 6.05. The zero-order valence-electron chi connectivity index (χ0n) is 10.4. The predicted octanol–water partition coefficient (Wildman–Crippen LogP) is 1.46. The van der Waals surface area contributed by atoms with Gasteiger partial charge in [0.25, 0.3) is 0 Å². The van der Waals surface area contributed by atoms with Crippen molar-refractivity contribution in [2.75, 3.05) is 18.0 Å². The highest BCUT2D eigenvalue weighted by molar-refractivity contribution is 5.50. The molecule has 16 heavy (non-hydrogen) atoms. The molecule has 0 bridgehead atoms. The molecule has 0 radical (unpaired) electrons. The van der Waals surface area contributed by atoms with Crippen molar-refractivity contribution in [3.05, 3.63) is 11.3 Å². The fraction of sp³-hybridized carbons (Fsp3) is 0.750. The molecule has 1 atom stereocenters. The van der Waals surface area contributed by atoms with Crippen molar-refractivity contribution in [1.29, 1.82) is 0 Å². The Hall–Kier alpha value is -1.03. The Bertz CT molecular complexity index is 373. The molecule has 1 unspecified atom stereocenters. The Morgan fingerprint density at radius 1 is 1.50 bits per heavy atom. The molecule has 0 aliphatic carbocycles. The minimum atomic E-state index is 0.0856. The zero-order valence-corrected chi connectivity index (χ0v) is 10.4. The monoisotopic (exact) mass is 223 g/mol. The highest BCUT2D eigenvalue weighted by atomic mass is 16.3. The van der Waals surface area contributed by atoms with Crippen molar-refractivity contribution in [1.82, 2.24) is 9.78 Å². The molecule has 1 aromatic heterocycles. The maximum absolute atomic E-state index is 9.42. The molecule has 1 aliphatic rings. The number of hydrogen-bond acceptors (Lipinski definition) is 3. The Labute approximate surface area is 96.9 Å². The summed E-state index contributed by atoms with van der Waals surface area (Å²) in [6, 6.07) is 0. The summed E-state index contributed by atoms with van der Waals surface area (Å²) in [5, 5.41) is 13.8. The van der Waals surface area contributed by atoms with Gasteiger partial charge in [-0.05, 0) is 19.3 Å². The summed E-state index contributed by atoms with van der Waals surface area (Å²) in [7, 11) is 1.96. The van der Waals surface area contributed by atoms with E-state index in [-0.39, 0.29) is 6.61 Å². The maximum atomic E-state index is 9.42. The topological polar surface area (TPSA) is 41.3 Å². The Morgan fingerprint density at radius 2 is 2.25 bits per heavy atom. The molecule has 0 amide bonds. The number of anilines is 1. The highest BCUT2D eigenvalue weighted by Gasteiger charge is 2.26. The van der Waals surface area contributed by atoms with E-state index < -0.39 is 0 Å². The summed E-state index contributed by atoms with van der Waals surface area (Å²) in [4.78, 5) is 2.36. The number of hydrogen-bond donors (Lipinski definition) is 1. The fourth-order valence-electron chi connectivity index (χ4n) is 2.63. The fourth-order valence-corrected chi connectivity index (χ4v) is 2.63. The number of nitrogens with zero attached hydrogens (tertiary/aromatic N) is 3. The van der Waals surface area contributed by atoms with Crippen LogP contribution in [-0.2, 0) is 13.7 Å². The van der Waals surface area contributed by atoms with E-state index in [1.54, 1.807) is 0 Å². The molecule has 1 N–H and O–H groups in total. The van der Waals surface area contributed by atoms with Crippen LogP contribution in [0.25, 0.3) is 0 Å². The number of aliphatic hydroxyl groups excluding tert-OH is 1. The lowest BCUT2D eigenvalue weighted by atomic mass is 10.1. The number of aromatic nitrogens is 2. The average Bonchev–Trinajstić information content (AvgIpc) is 2.82. The average molecular weight is 223 g/mol. The van der Waals surface area contributed by atoms with Gasteiger partial charge in [0.15, 0.2) is 0 Å². The van der Waals surface area contributed by atoms with Crippen LogP contribution in [0.1, 0.15) is 31.0 Å². The molecule has 1 saturated heterocycles. The van der Waals surface area contributed by atoms with Gasteiger partial charge in [0.05, 0.1) is 12.3 Å². The molecule has 4 nitrogen and oxygen atoms in total. The lowest BCUT2D eigenvalue weighted by Gasteiger charge is -2.20. The van der Waals surface area contributed by atoms with Gasteiger partial charge in [-0.2, -0.15) is 5.10 Å². The first kappa shape index (κ1) is 11.5. The van der Waals surface area contributed by atoms with Crippen LogP contribution in [0.15, 0.2) is 0 Å². The van der Waals surface area contributed by atoms with E-state index in [4.69, 9.17) is 0 Å². The first-order chi connectivity index (χ1) is 7.67. The maximum Gasteiger partial charge on any atom is 0.132 e. The smallest absolute Gasteiger partial charge is 0.132 e. The van der Waals surface area contributed by atoms with Gasteiger partial charge in [-0.3, -0.25) is 4.68 Å². The SMILES string of the molecule is CCC1CCN(c2c(CO)c(C)nn2C)C1. The Kier molecular flexibility index (Phi) is 3.19. The van der Waals surface area contributed by atoms with Crippen LogP contribution in [-0.4, -0.2) is 28.0 Å². The van der Waals surface area contributed by atoms with Crippen molar-refractivity contribution in [3.63, 3.8) is 0 Å². The van der Waals surface area contributed by atoms with Crippen molar-refractivity contribution in [3.8, 4) is 0 Å². The summed E-state index contributed by atoms with van der Waals surface area (Å²) >= 11 is 0. The van der Waals surface area contributed by atoms with Crippen LogP contribution < -0.4 is 4.90 Å². The second-order valence-corrected chi connectivity index (χ2v) is 4.68. The molecule has 0 spiro atoms. The molecule has 1 aliphatic heterocycles. The van der Waals surface area contributed by atoms with Gasteiger partial charge in [-0.1, -0.05) is 13.3 Å². The van der Waals surface area contributed by atoms with E-state index in [9.17, 15) is 5.11 Å². The van der Waals surface area contributed by atoms with Crippen molar-refractivity contribution in [2.24, 2.45) is 13.0 Å². The van der Waals surface area contributed by atoms with Gasteiger partial charge < -0.3 is 10.0 Å². The zero-order chi connectivity index (χ0) is 11.7. The summed E-state index contributed by atoms with van der Waals surface area (Å²) in [5.74, 6) is 1.90. The number of rotatable bonds is 3. The molecule has 2 heterocycles. The predicted molar refractivity (Wildman–Crippen MR) is 64.5 cm³/mol. The van der Waals surface area contributed by atoms with E-state index in [1.165, 1.54) is 12.8 Å². The van der Waals surface area contributed by atoms with Gasteiger partial charge in [-0.15, -0.1) is 0 Å². The molecule has 90 valence electrons. The third kappa shape index (κ3) is 1.82. The quantitative estimate of drug-likeness (QED) is 0.843. The van der Waals surface area contributed by atoms with Crippen molar-refractivity contribution < 1.29 is 5.11 Å². The molecular weight excluding hydrogens is 202 g/mol. The highest BCUT2D eigenvalue weighted by Crippen LogP contribution is 2.29. The standard InChI is InChI=1S/C12H21N3O/c1-4-10-5-6-15(7-10)12-11(8-16)9(2)13-14(12)3/h10,16H,4-8H2,1-3H3. The van der Waals surface area contributed by atoms with E-state index in [1.807, 2.05) is 18.7 Å². The molecule has 1 aromatic rings. The van der Waals surface area contributed by atoms with Crippen molar-refractivity contribution >= 4 is 5.82 Å². The van der Waals surface area contributed by atoms with Crippen LogP contribution in [0.2, 0.25) is 0 Å². The van der Waals surface area contributed by atoms with Gasteiger partial charge in [-0.25, -0.2) is 0 Å². The second-order valence-electron chi connectivity index (χ2n) is 4.68. The van der Waals surface area contributed by atoms with Gasteiger partial charge in [0.1, 0.15) is 5.82 Å². The van der Waals surface area contributed by atoms with Crippen LogP contribution >= 0.6 is 0 Å². The largest absolute Gasteiger partial charge is 0.391 e. The number of aryl methyl sites for hydroxylation is 2. The summed E-state index contributed by atoms with van der Waals surface area (Å²) in [6.45, 7) is 6.48. The minimum Gasteiger partial charge on any atom is -0.391 e. The molecule has 2 rings (SSSR count). The third-order valence-corrected chi connectivity index (χ3v) is 3.63.